The third kappa shape index (κ3) is 4.35. The molecule has 1 fully saturated rings. The van der Waals surface area contributed by atoms with Crippen molar-refractivity contribution in [3.8, 4) is 5.75 Å². The SMILES string of the molecule is CCOc1cc(S(=O)(=O)N2CCN(c3ccc(C)c(Cl)c3)CC2)ccc1Cl. The lowest BCUT2D eigenvalue weighted by Crippen LogP contribution is -2.48. The number of benzene rings is 2. The first-order valence-corrected chi connectivity index (χ1v) is 11.0. The average Bonchev–Trinajstić information content (AvgIpc) is 2.66. The largest absolute Gasteiger partial charge is 0.492 e. The molecule has 0 aromatic heterocycles. The van der Waals surface area contributed by atoms with Gasteiger partial charge in [0, 0.05) is 43.0 Å². The molecule has 2 aromatic rings. The molecule has 5 nitrogen and oxygen atoms in total. The molecule has 8 heteroatoms. The van der Waals surface area contributed by atoms with Gasteiger partial charge in [0.2, 0.25) is 10.0 Å². The molecule has 2 aromatic carbocycles. The second-order valence-electron chi connectivity index (χ2n) is 6.35. The van der Waals surface area contributed by atoms with Gasteiger partial charge in [0.1, 0.15) is 5.75 Å². The summed E-state index contributed by atoms with van der Waals surface area (Å²) in [4.78, 5) is 2.34. The van der Waals surface area contributed by atoms with E-state index in [0.717, 1.165) is 11.3 Å². The Morgan fingerprint density at radius 1 is 1.00 bits per heavy atom. The zero-order valence-corrected chi connectivity index (χ0v) is 17.6. The maximum atomic E-state index is 13.0. The van der Waals surface area contributed by atoms with Crippen LogP contribution in [0.5, 0.6) is 5.75 Å². The Labute approximate surface area is 170 Å². The fourth-order valence-corrected chi connectivity index (χ4v) is 4.81. The molecule has 0 unspecified atom stereocenters. The van der Waals surface area contributed by atoms with Gasteiger partial charge in [-0.25, -0.2) is 8.42 Å². The van der Waals surface area contributed by atoms with Crippen molar-refractivity contribution < 1.29 is 13.2 Å². The number of ether oxygens (including phenoxy) is 1. The minimum absolute atomic E-state index is 0.196. The smallest absolute Gasteiger partial charge is 0.243 e. The van der Waals surface area contributed by atoms with E-state index in [0.29, 0.717) is 48.6 Å². The van der Waals surface area contributed by atoms with Crippen molar-refractivity contribution in [3.63, 3.8) is 0 Å². The molecule has 1 aliphatic heterocycles. The Balaban J connectivity index is 1.74. The lowest BCUT2D eigenvalue weighted by atomic mass is 10.2. The highest BCUT2D eigenvalue weighted by Crippen LogP contribution is 2.30. The Bertz CT molecular complexity index is 927. The molecule has 146 valence electrons. The van der Waals surface area contributed by atoms with Crippen LogP contribution >= 0.6 is 23.2 Å². The average molecular weight is 429 g/mol. The third-order valence-electron chi connectivity index (χ3n) is 4.60. The summed E-state index contributed by atoms with van der Waals surface area (Å²) in [6, 6.07) is 10.5. The summed E-state index contributed by atoms with van der Waals surface area (Å²) in [5, 5.41) is 1.11. The Kier molecular flexibility index (Phi) is 6.21. The zero-order chi connectivity index (χ0) is 19.6. The number of hydrogen-bond acceptors (Lipinski definition) is 4. The van der Waals surface area contributed by atoms with Crippen molar-refractivity contribution in [1.29, 1.82) is 0 Å². The lowest BCUT2D eigenvalue weighted by Gasteiger charge is -2.35. The van der Waals surface area contributed by atoms with Gasteiger partial charge in [-0.15, -0.1) is 0 Å². The first-order valence-electron chi connectivity index (χ1n) is 8.76. The van der Waals surface area contributed by atoms with E-state index in [2.05, 4.69) is 4.90 Å². The van der Waals surface area contributed by atoms with Crippen molar-refractivity contribution in [1.82, 2.24) is 4.31 Å². The number of rotatable bonds is 5. The van der Waals surface area contributed by atoms with Crippen molar-refractivity contribution >= 4 is 38.9 Å². The molecule has 0 bridgehead atoms. The zero-order valence-electron chi connectivity index (χ0n) is 15.3. The van der Waals surface area contributed by atoms with Crippen LogP contribution in [0, 0.1) is 6.92 Å². The van der Waals surface area contributed by atoms with Gasteiger partial charge in [-0.05, 0) is 43.7 Å². The molecule has 3 rings (SSSR count). The summed E-state index contributed by atoms with van der Waals surface area (Å²) in [5.41, 5.74) is 2.03. The highest BCUT2D eigenvalue weighted by Gasteiger charge is 2.29. The number of nitrogens with zero attached hydrogens (tertiary/aromatic N) is 2. The van der Waals surface area contributed by atoms with Crippen LogP contribution in [0.4, 0.5) is 5.69 Å². The molecule has 1 saturated heterocycles. The second-order valence-corrected chi connectivity index (χ2v) is 9.10. The number of piperazine rings is 1. The van der Waals surface area contributed by atoms with Crippen LogP contribution in [-0.4, -0.2) is 45.5 Å². The van der Waals surface area contributed by atoms with E-state index in [4.69, 9.17) is 27.9 Å². The van der Waals surface area contributed by atoms with Crippen molar-refractivity contribution in [2.24, 2.45) is 0 Å². The second kappa shape index (κ2) is 8.27. The fourth-order valence-electron chi connectivity index (χ4n) is 3.02. The van der Waals surface area contributed by atoms with Crippen molar-refractivity contribution in [2.45, 2.75) is 18.7 Å². The van der Waals surface area contributed by atoms with E-state index in [9.17, 15) is 8.42 Å². The van der Waals surface area contributed by atoms with Crippen molar-refractivity contribution in [3.05, 3.63) is 52.0 Å². The van der Waals surface area contributed by atoms with Gasteiger partial charge in [-0.3, -0.25) is 0 Å². The first-order chi connectivity index (χ1) is 12.8. The van der Waals surface area contributed by atoms with Gasteiger partial charge in [0.25, 0.3) is 0 Å². The van der Waals surface area contributed by atoms with Crippen LogP contribution < -0.4 is 9.64 Å². The topological polar surface area (TPSA) is 49.9 Å². The maximum Gasteiger partial charge on any atom is 0.243 e. The molecular weight excluding hydrogens is 407 g/mol. The number of sulfonamides is 1. The van der Waals surface area contributed by atoms with Crippen LogP contribution in [0.2, 0.25) is 10.0 Å². The van der Waals surface area contributed by atoms with E-state index in [-0.39, 0.29) is 4.90 Å². The van der Waals surface area contributed by atoms with Crippen LogP contribution in [-0.2, 0) is 10.0 Å². The first kappa shape index (κ1) is 20.3. The molecule has 27 heavy (non-hydrogen) atoms. The standard InChI is InChI=1S/C19H22Cl2N2O3S/c1-3-26-19-13-16(6-7-17(19)20)27(24,25)23-10-8-22(9-11-23)15-5-4-14(2)18(21)12-15/h4-7,12-13H,3,8-11H2,1-2H3. The van der Waals surface area contributed by atoms with Crippen LogP contribution in [0.3, 0.4) is 0 Å². The third-order valence-corrected chi connectivity index (χ3v) is 7.21. The number of aryl methyl sites for hydroxylation is 1. The van der Waals surface area contributed by atoms with Gasteiger partial charge >= 0.3 is 0 Å². The molecule has 0 atom stereocenters. The normalized spacial score (nSPS) is 15.8. The Morgan fingerprint density at radius 2 is 1.70 bits per heavy atom. The monoisotopic (exact) mass is 428 g/mol. The van der Waals surface area contributed by atoms with E-state index in [1.807, 2.05) is 32.0 Å². The molecule has 0 aliphatic carbocycles. The molecule has 0 saturated carbocycles. The van der Waals surface area contributed by atoms with Gasteiger partial charge in [0.15, 0.2) is 0 Å². The molecule has 0 radical (unpaired) electrons. The predicted molar refractivity (Wildman–Crippen MR) is 110 cm³/mol. The summed E-state index contributed by atoms with van der Waals surface area (Å²) >= 11 is 12.3. The summed E-state index contributed by atoms with van der Waals surface area (Å²) in [7, 11) is -3.60. The fraction of sp³-hybridized carbons (Fsp3) is 0.368. The summed E-state index contributed by atoms with van der Waals surface area (Å²) in [6.45, 7) is 6.21. The highest BCUT2D eigenvalue weighted by atomic mass is 35.5. The lowest BCUT2D eigenvalue weighted by molar-refractivity contribution is 0.339. The number of hydrogen-bond donors (Lipinski definition) is 0. The number of halogens is 2. The molecular formula is C19H22Cl2N2O3S. The summed E-state index contributed by atoms with van der Waals surface area (Å²) in [6.07, 6.45) is 0. The molecule has 0 N–H and O–H groups in total. The van der Waals surface area contributed by atoms with Gasteiger partial charge in [0.05, 0.1) is 16.5 Å². The van der Waals surface area contributed by atoms with Gasteiger partial charge in [-0.2, -0.15) is 4.31 Å². The molecule has 1 aliphatic rings. The van der Waals surface area contributed by atoms with E-state index < -0.39 is 10.0 Å². The van der Waals surface area contributed by atoms with E-state index >= 15 is 0 Å². The van der Waals surface area contributed by atoms with Crippen LogP contribution in [0.15, 0.2) is 41.3 Å². The predicted octanol–water partition coefficient (Wildman–Crippen LogP) is 4.21. The van der Waals surface area contributed by atoms with Gasteiger partial charge in [-0.1, -0.05) is 29.3 Å². The minimum atomic E-state index is -3.60. The Morgan fingerprint density at radius 3 is 2.33 bits per heavy atom. The Hall–Kier alpha value is -1.47. The molecule has 0 amide bonds. The molecule has 1 heterocycles. The van der Waals surface area contributed by atoms with Crippen LogP contribution in [0.25, 0.3) is 0 Å². The number of anilines is 1. The quantitative estimate of drug-likeness (QED) is 0.715. The summed E-state index contributed by atoms with van der Waals surface area (Å²) < 4.78 is 32.9. The summed E-state index contributed by atoms with van der Waals surface area (Å²) in [5.74, 6) is 0.383. The highest BCUT2D eigenvalue weighted by molar-refractivity contribution is 7.89. The van der Waals surface area contributed by atoms with E-state index in [1.54, 1.807) is 6.07 Å². The molecule has 0 spiro atoms. The van der Waals surface area contributed by atoms with Crippen molar-refractivity contribution in [2.75, 3.05) is 37.7 Å². The van der Waals surface area contributed by atoms with E-state index in [1.165, 1.54) is 16.4 Å². The minimum Gasteiger partial charge on any atom is -0.492 e. The van der Waals surface area contributed by atoms with Crippen LogP contribution in [0.1, 0.15) is 12.5 Å². The maximum absolute atomic E-state index is 13.0. The van der Waals surface area contributed by atoms with Gasteiger partial charge < -0.3 is 9.64 Å².